The van der Waals surface area contributed by atoms with Crippen LogP contribution in [0.25, 0.3) is 0 Å². The molecule has 1 atom stereocenters. The van der Waals surface area contributed by atoms with Crippen LogP contribution in [0.1, 0.15) is 44.9 Å². The van der Waals surface area contributed by atoms with Gasteiger partial charge in [-0.05, 0) is 46.3 Å². The maximum Gasteiger partial charge on any atom is 0.326 e. The highest BCUT2D eigenvalue weighted by atomic mass is 16.4. The zero-order valence-electron chi connectivity index (χ0n) is 12.0. The molecule has 0 aromatic carbocycles. The Balaban J connectivity index is 2.39. The standard InChI is InChI=1S/C14H26N2O3/c1-16(2)10-6-9-12(14(18)19)15-13(17)11-7-4-3-5-8-11/h11-12H,3-10H2,1-2H3,(H,15,17)(H,18,19)/t12-/m0/s1. The Morgan fingerprint density at radius 3 is 2.42 bits per heavy atom. The van der Waals surface area contributed by atoms with Crippen molar-refractivity contribution in [1.82, 2.24) is 10.2 Å². The lowest BCUT2D eigenvalue weighted by atomic mass is 9.88. The molecule has 0 aromatic heterocycles. The van der Waals surface area contributed by atoms with Gasteiger partial charge in [-0.25, -0.2) is 4.79 Å². The summed E-state index contributed by atoms with van der Waals surface area (Å²) in [5.41, 5.74) is 0. The molecule has 1 saturated carbocycles. The van der Waals surface area contributed by atoms with Crippen LogP contribution in [0.4, 0.5) is 0 Å². The molecule has 19 heavy (non-hydrogen) atoms. The van der Waals surface area contributed by atoms with Crippen molar-refractivity contribution in [3.63, 3.8) is 0 Å². The summed E-state index contributed by atoms with van der Waals surface area (Å²) in [4.78, 5) is 25.2. The number of carboxylic acids is 1. The first kappa shape index (κ1) is 16.0. The van der Waals surface area contributed by atoms with E-state index in [4.69, 9.17) is 5.11 Å². The maximum atomic E-state index is 12.0. The molecule has 5 nitrogen and oxygen atoms in total. The van der Waals surface area contributed by atoms with Crippen molar-refractivity contribution in [2.75, 3.05) is 20.6 Å². The second-order valence-electron chi connectivity index (χ2n) is 5.68. The van der Waals surface area contributed by atoms with Gasteiger partial charge in [0, 0.05) is 5.92 Å². The van der Waals surface area contributed by atoms with E-state index in [1.165, 1.54) is 6.42 Å². The van der Waals surface area contributed by atoms with Crippen LogP contribution in [0, 0.1) is 5.92 Å². The first-order chi connectivity index (χ1) is 9.00. The largest absolute Gasteiger partial charge is 0.480 e. The summed E-state index contributed by atoms with van der Waals surface area (Å²) in [5, 5.41) is 11.9. The van der Waals surface area contributed by atoms with Gasteiger partial charge in [0.05, 0.1) is 0 Å². The number of aliphatic carboxylic acids is 1. The van der Waals surface area contributed by atoms with Crippen LogP contribution in [0.5, 0.6) is 0 Å². The lowest BCUT2D eigenvalue weighted by Crippen LogP contribution is -2.44. The molecule has 0 heterocycles. The van der Waals surface area contributed by atoms with Gasteiger partial charge in [0.15, 0.2) is 0 Å². The third-order valence-electron chi connectivity index (χ3n) is 3.69. The summed E-state index contributed by atoms with van der Waals surface area (Å²) >= 11 is 0. The average Bonchev–Trinajstić information content (AvgIpc) is 2.37. The van der Waals surface area contributed by atoms with Crippen LogP contribution in [0.2, 0.25) is 0 Å². The zero-order chi connectivity index (χ0) is 14.3. The number of nitrogens with zero attached hydrogens (tertiary/aromatic N) is 1. The van der Waals surface area contributed by atoms with Gasteiger partial charge in [-0.1, -0.05) is 19.3 Å². The lowest BCUT2D eigenvalue weighted by molar-refractivity contribution is -0.142. The fraction of sp³-hybridized carbons (Fsp3) is 0.857. The van der Waals surface area contributed by atoms with Gasteiger partial charge in [0.1, 0.15) is 6.04 Å². The van der Waals surface area contributed by atoms with Crippen molar-refractivity contribution in [1.29, 1.82) is 0 Å². The van der Waals surface area contributed by atoms with Crippen molar-refractivity contribution < 1.29 is 14.7 Å². The quantitative estimate of drug-likeness (QED) is 0.735. The van der Waals surface area contributed by atoms with Gasteiger partial charge in [0.25, 0.3) is 0 Å². The van der Waals surface area contributed by atoms with Gasteiger partial charge < -0.3 is 15.3 Å². The lowest BCUT2D eigenvalue weighted by Gasteiger charge is -2.23. The number of carbonyl (C=O) groups excluding carboxylic acids is 1. The highest BCUT2D eigenvalue weighted by Gasteiger charge is 2.26. The van der Waals surface area contributed by atoms with Crippen molar-refractivity contribution in [2.24, 2.45) is 5.92 Å². The molecule has 2 N–H and O–H groups in total. The summed E-state index contributed by atoms with van der Waals surface area (Å²) in [5.74, 6) is -0.982. The molecule has 1 aliphatic carbocycles. The van der Waals surface area contributed by atoms with E-state index < -0.39 is 12.0 Å². The summed E-state index contributed by atoms with van der Waals surface area (Å²) in [6.45, 7) is 0.836. The maximum absolute atomic E-state index is 12.0. The van der Waals surface area contributed by atoms with Gasteiger partial charge in [-0.2, -0.15) is 0 Å². The normalized spacial score (nSPS) is 18.3. The van der Waals surface area contributed by atoms with Gasteiger partial charge in [0.2, 0.25) is 5.91 Å². The first-order valence-electron chi connectivity index (χ1n) is 7.18. The Kier molecular flexibility index (Phi) is 6.84. The fourth-order valence-electron chi connectivity index (χ4n) is 2.52. The summed E-state index contributed by atoms with van der Waals surface area (Å²) in [6.07, 6.45) is 6.41. The van der Waals surface area contributed by atoms with E-state index in [1.807, 2.05) is 19.0 Å². The van der Waals surface area contributed by atoms with Crippen molar-refractivity contribution in [3.05, 3.63) is 0 Å². The predicted octanol–water partition coefficient (Wildman–Crippen LogP) is 1.48. The number of hydrogen-bond donors (Lipinski definition) is 2. The fourth-order valence-corrected chi connectivity index (χ4v) is 2.52. The van der Waals surface area contributed by atoms with Gasteiger partial charge in [-0.15, -0.1) is 0 Å². The smallest absolute Gasteiger partial charge is 0.326 e. The molecule has 110 valence electrons. The molecular formula is C14H26N2O3. The minimum atomic E-state index is -0.928. The van der Waals surface area contributed by atoms with E-state index in [9.17, 15) is 9.59 Å². The Morgan fingerprint density at radius 1 is 1.26 bits per heavy atom. The monoisotopic (exact) mass is 270 g/mol. The van der Waals surface area contributed by atoms with Crippen LogP contribution in [-0.4, -0.2) is 48.6 Å². The topological polar surface area (TPSA) is 69.6 Å². The summed E-state index contributed by atoms with van der Waals surface area (Å²) < 4.78 is 0. The van der Waals surface area contributed by atoms with Gasteiger partial charge in [-0.3, -0.25) is 4.79 Å². The number of amides is 1. The Hall–Kier alpha value is -1.10. The molecule has 1 aliphatic rings. The molecule has 0 bridgehead atoms. The molecule has 0 unspecified atom stereocenters. The second kappa shape index (κ2) is 8.15. The minimum Gasteiger partial charge on any atom is -0.480 e. The van der Waals surface area contributed by atoms with E-state index in [0.29, 0.717) is 6.42 Å². The van der Waals surface area contributed by atoms with E-state index in [2.05, 4.69) is 5.32 Å². The summed E-state index contributed by atoms with van der Waals surface area (Å²) in [7, 11) is 3.91. The first-order valence-corrected chi connectivity index (χ1v) is 7.18. The number of carboxylic acid groups (broad SMARTS) is 1. The van der Waals surface area contributed by atoms with Crippen LogP contribution in [0.3, 0.4) is 0 Å². The Labute approximate surface area is 115 Å². The third-order valence-corrected chi connectivity index (χ3v) is 3.69. The average molecular weight is 270 g/mol. The molecule has 0 aromatic rings. The SMILES string of the molecule is CN(C)CCC[C@H](NC(=O)C1CCCCC1)C(=O)O. The molecule has 5 heteroatoms. The molecular weight excluding hydrogens is 244 g/mol. The highest BCUT2D eigenvalue weighted by Crippen LogP contribution is 2.23. The number of rotatable bonds is 7. The Bertz CT molecular complexity index is 299. The summed E-state index contributed by atoms with van der Waals surface area (Å²) in [6, 6.07) is -0.741. The van der Waals surface area contributed by atoms with E-state index in [-0.39, 0.29) is 11.8 Å². The molecule has 0 aliphatic heterocycles. The van der Waals surface area contributed by atoms with E-state index >= 15 is 0 Å². The second-order valence-corrected chi connectivity index (χ2v) is 5.68. The number of carbonyl (C=O) groups is 2. The molecule has 0 radical (unpaired) electrons. The third kappa shape index (κ3) is 6.05. The van der Waals surface area contributed by atoms with E-state index in [0.717, 1.165) is 38.6 Å². The molecule has 1 fully saturated rings. The minimum absolute atomic E-state index is 0.0180. The number of nitrogens with one attached hydrogen (secondary N) is 1. The van der Waals surface area contributed by atoms with Crippen molar-refractivity contribution in [3.8, 4) is 0 Å². The van der Waals surface area contributed by atoms with Crippen molar-refractivity contribution >= 4 is 11.9 Å². The molecule has 1 rings (SSSR count). The van der Waals surface area contributed by atoms with Gasteiger partial charge >= 0.3 is 5.97 Å². The van der Waals surface area contributed by atoms with Crippen LogP contribution in [0.15, 0.2) is 0 Å². The van der Waals surface area contributed by atoms with Crippen LogP contribution in [-0.2, 0) is 9.59 Å². The molecule has 1 amide bonds. The Morgan fingerprint density at radius 2 is 1.89 bits per heavy atom. The number of hydrogen-bond acceptors (Lipinski definition) is 3. The van der Waals surface area contributed by atoms with Crippen LogP contribution >= 0.6 is 0 Å². The highest BCUT2D eigenvalue weighted by molar-refractivity contribution is 5.84. The van der Waals surface area contributed by atoms with Crippen molar-refractivity contribution in [2.45, 2.75) is 51.0 Å². The molecule has 0 spiro atoms. The van der Waals surface area contributed by atoms with Crippen LogP contribution < -0.4 is 5.32 Å². The zero-order valence-corrected chi connectivity index (χ0v) is 12.0. The molecule has 0 saturated heterocycles. The van der Waals surface area contributed by atoms with E-state index in [1.54, 1.807) is 0 Å². The predicted molar refractivity (Wildman–Crippen MR) is 73.9 cm³/mol.